The van der Waals surface area contributed by atoms with Gasteiger partial charge in [0.05, 0.1) is 4.92 Å². The second-order valence-corrected chi connectivity index (χ2v) is 7.21. The fourth-order valence-electron chi connectivity index (χ4n) is 2.71. The Morgan fingerprint density at radius 1 is 1.50 bits per heavy atom. The molecule has 0 aromatic heterocycles. The summed E-state index contributed by atoms with van der Waals surface area (Å²) in [5.74, 6) is 2.24. The molecule has 1 aromatic carbocycles. The minimum Gasteiger partial charge on any atom is -0.381 e. The van der Waals surface area contributed by atoms with Gasteiger partial charge in [0.2, 0.25) is 0 Å². The number of hydrogen-bond acceptors (Lipinski definition) is 4. The van der Waals surface area contributed by atoms with E-state index >= 15 is 0 Å². The van der Waals surface area contributed by atoms with E-state index in [2.05, 4.69) is 19.2 Å². The standard InChI is InChI=1S/C15H22N2O2S/c1-4-11-5-6-12(7-14(11)17(18)19)16-13-8-15(2,3)10-20-9-13/h5-7,13,16H,4,8-10H2,1-3H3. The van der Waals surface area contributed by atoms with E-state index in [1.54, 1.807) is 6.07 Å². The molecule has 20 heavy (non-hydrogen) atoms. The van der Waals surface area contributed by atoms with Crippen LogP contribution in [0, 0.1) is 15.5 Å². The fraction of sp³-hybridized carbons (Fsp3) is 0.600. The number of nitro benzene ring substituents is 1. The minimum atomic E-state index is -0.288. The van der Waals surface area contributed by atoms with Gasteiger partial charge in [-0.15, -0.1) is 0 Å². The Balaban J connectivity index is 2.13. The van der Waals surface area contributed by atoms with E-state index in [1.807, 2.05) is 30.8 Å². The molecule has 1 unspecified atom stereocenters. The first-order valence-corrected chi connectivity index (χ1v) is 8.18. The Bertz CT molecular complexity index is 503. The van der Waals surface area contributed by atoms with Crippen molar-refractivity contribution in [1.29, 1.82) is 0 Å². The molecular formula is C15H22N2O2S. The summed E-state index contributed by atoms with van der Waals surface area (Å²) in [5, 5.41) is 14.6. The zero-order chi connectivity index (χ0) is 14.8. The van der Waals surface area contributed by atoms with E-state index in [9.17, 15) is 10.1 Å². The first-order valence-electron chi connectivity index (χ1n) is 7.03. The lowest BCUT2D eigenvalue weighted by Crippen LogP contribution is -2.35. The molecule has 1 aromatic rings. The number of benzene rings is 1. The number of aryl methyl sites for hydroxylation is 1. The molecule has 1 aliphatic heterocycles. The van der Waals surface area contributed by atoms with Gasteiger partial charge >= 0.3 is 0 Å². The van der Waals surface area contributed by atoms with Gasteiger partial charge in [-0.1, -0.05) is 26.8 Å². The average molecular weight is 294 g/mol. The monoisotopic (exact) mass is 294 g/mol. The van der Waals surface area contributed by atoms with Gasteiger partial charge in [-0.3, -0.25) is 10.1 Å². The molecule has 0 spiro atoms. The molecule has 110 valence electrons. The molecule has 4 nitrogen and oxygen atoms in total. The van der Waals surface area contributed by atoms with Crippen molar-refractivity contribution >= 4 is 23.1 Å². The van der Waals surface area contributed by atoms with E-state index in [0.29, 0.717) is 17.9 Å². The largest absolute Gasteiger partial charge is 0.381 e. The maximum atomic E-state index is 11.1. The summed E-state index contributed by atoms with van der Waals surface area (Å²) in [6.45, 7) is 6.49. The van der Waals surface area contributed by atoms with Crippen LogP contribution in [0.1, 0.15) is 32.8 Å². The van der Waals surface area contributed by atoms with E-state index in [0.717, 1.165) is 23.4 Å². The molecule has 1 heterocycles. The molecule has 0 bridgehead atoms. The molecular weight excluding hydrogens is 272 g/mol. The summed E-state index contributed by atoms with van der Waals surface area (Å²) >= 11 is 1.95. The molecule has 1 N–H and O–H groups in total. The SMILES string of the molecule is CCc1ccc(NC2CSCC(C)(C)C2)cc1[N+](=O)[O-]. The zero-order valence-corrected chi connectivity index (χ0v) is 13.1. The van der Waals surface area contributed by atoms with Crippen LogP contribution in [0.2, 0.25) is 0 Å². The van der Waals surface area contributed by atoms with Gasteiger partial charge in [0.15, 0.2) is 0 Å². The highest BCUT2D eigenvalue weighted by Crippen LogP contribution is 2.35. The molecule has 1 saturated heterocycles. The quantitative estimate of drug-likeness (QED) is 0.671. The van der Waals surface area contributed by atoms with Crippen molar-refractivity contribution in [3.05, 3.63) is 33.9 Å². The van der Waals surface area contributed by atoms with Gasteiger partial charge < -0.3 is 5.32 Å². The second-order valence-electron chi connectivity index (χ2n) is 6.18. The van der Waals surface area contributed by atoms with Crippen LogP contribution in [0.25, 0.3) is 0 Å². The van der Waals surface area contributed by atoms with E-state index in [-0.39, 0.29) is 10.6 Å². The molecule has 5 heteroatoms. The summed E-state index contributed by atoms with van der Waals surface area (Å²) in [4.78, 5) is 10.8. The highest BCUT2D eigenvalue weighted by atomic mass is 32.2. The molecule has 1 atom stereocenters. The lowest BCUT2D eigenvalue weighted by atomic mass is 9.87. The smallest absolute Gasteiger partial charge is 0.274 e. The molecule has 2 rings (SSSR count). The molecule has 1 fully saturated rings. The van der Waals surface area contributed by atoms with E-state index < -0.39 is 0 Å². The van der Waals surface area contributed by atoms with Gasteiger partial charge in [0, 0.05) is 29.1 Å². The third-order valence-corrected chi connectivity index (χ3v) is 5.27. The maximum Gasteiger partial charge on any atom is 0.274 e. The van der Waals surface area contributed by atoms with Crippen molar-refractivity contribution < 1.29 is 4.92 Å². The molecule has 1 aliphatic rings. The Kier molecular flexibility index (Phi) is 4.58. The van der Waals surface area contributed by atoms with Crippen molar-refractivity contribution in [1.82, 2.24) is 0 Å². The summed E-state index contributed by atoms with van der Waals surface area (Å²) in [5.41, 5.74) is 2.20. The summed E-state index contributed by atoms with van der Waals surface area (Å²) in [6.07, 6.45) is 1.78. The van der Waals surface area contributed by atoms with Crippen molar-refractivity contribution in [2.45, 2.75) is 39.7 Å². The van der Waals surface area contributed by atoms with Crippen molar-refractivity contribution in [3.8, 4) is 0 Å². The van der Waals surface area contributed by atoms with Gasteiger partial charge in [0.1, 0.15) is 0 Å². The highest BCUT2D eigenvalue weighted by Gasteiger charge is 2.28. The van der Waals surface area contributed by atoms with Crippen molar-refractivity contribution in [2.75, 3.05) is 16.8 Å². The Morgan fingerprint density at radius 3 is 2.85 bits per heavy atom. The van der Waals surface area contributed by atoms with Crippen LogP contribution in [-0.2, 0) is 6.42 Å². The van der Waals surface area contributed by atoms with Crippen LogP contribution in [0.4, 0.5) is 11.4 Å². The number of anilines is 1. The Morgan fingerprint density at radius 2 is 2.25 bits per heavy atom. The van der Waals surface area contributed by atoms with Crippen molar-refractivity contribution in [3.63, 3.8) is 0 Å². The highest BCUT2D eigenvalue weighted by molar-refractivity contribution is 7.99. The van der Waals surface area contributed by atoms with Crippen LogP contribution in [-0.4, -0.2) is 22.5 Å². The topological polar surface area (TPSA) is 55.2 Å². The molecule has 0 amide bonds. The number of nitro groups is 1. The number of thioether (sulfide) groups is 1. The Labute approximate surface area is 124 Å². The number of nitrogens with one attached hydrogen (secondary N) is 1. The van der Waals surface area contributed by atoms with Crippen LogP contribution in [0.5, 0.6) is 0 Å². The molecule has 0 aliphatic carbocycles. The lowest BCUT2D eigenvalue weighted by molar-refractivity contribution is -0.385. The summed E-state index contributed by atoms with van der Waals surface area (Å²) < 4.78 is 0. The minimum absolute atomic E-state index is 0.222. The summed E-state index contributed by atoms with van der Waals surface area (Å²) in [6, 6.07) is 5.88. The fourth-order valence-corrected chi connectivity index (χ4v) is 3.99. The van der Waals surface area contributed by atoms with Gasteiger partial charge in [0.25, 0.3) is 5.69 Å². The predicted molar refractivity (Wildman–Crippen MR) is 85.6 cm³/mol. The van der Waals surface area contributed by atoms with Crippen molar-refractivity contribution in [2.24, 2.45) is 5.41 Å². The van der Waals surface area contributed by atoms with Crippen LogP contribution in [0.3, 0.4) is 0 Å². The first kappa shape index (κ1) is 15.2. The predicted octanol–water partition coefficient (Wildman–Crippen LogP) is 4.10. The lowest BCUT2D eigenvalue weighted by Gasteiger charge is -2.35. The van der Waals surface area contributed by atoms with Crippen LogP contribution in [0.15, 0.2) is 18.2 Å². The van der Waals surface area contributed by atoms with E-state index in [1.165, 1.54) is 5.75 Å². The van der Waals surface area contributed by atoms with Crippen LogP contribution < -0.4 is 5.32 Å². The van der Waals surface area contributed by atoms with Gasteiger partial charge in [-0.05, 0) is 30.1 Å². The number of nitrogens with zero attached hydrogens (tertiary/aromatic N) is 1. The first-order chi connectivity index (χ1) is 9.41. The Hall–Kier alpha value is -1.23. The molecule has 0 radical (unpaired) electrons. The normalized spacial score (nSPS) is 21.4. The average Bonchev–Trinajstić information content (AvgIpc) is 2.37. The van der Waals surface area contributed by atoms with E-state index in [4.69, 9.17) is 0 Å². The number of hydrogen-bond donors (Lipinski definition) is 1. The van der Waals surface area contributed by atoms with Crippen LogP contribution >= 0.6 is 11.8 Å². The van der Waals surface area contributed by atoms with Gasteiger partial charge in [-0.25, -0.2) is 0 Å². The van der Waals surface area contributed by atoms with Gasteiger partial charge in [-0.2, -0.15) is 11.8 Å². The third kappa shape index (κ3) is 3.66. The maximum absolute atomic E-state index is 11.1. The number of rotatable bonds is 4. The second kappa shape index (κ2) is 6.04. The summed E-state index contributed by atoms with van der Waals surface area (Å²) in [7, 11) is 0. The zero-order valence-electron chi connectivity index (χ0n) is 12.3. The molecule has 0 saturated carbocycles. The third-order valence-electron chi connectivity index (χ3n) is 3.64.